The Morgan fingerprint density at radius 1 is 1.33 bits per heavy atom. The smallest absolute Gasteiger partial charge is 0.228 e. The van der Waals surface area contributed by atoms with Gasteiger partial charge in [0.15, 0.2) is 0 Å². The standard InChI is InChI=1S/C13H18N4O/c1-4-14-10(3)8-12-16-13(17-18-12)11-7-5-6-9(2)15-11/h5-7,10,14H,4,8H2,1-3H3. The Morgan fingerprint density at radius 3 is 2.89 bits per heavy atom. The fourth-order valence-electron chi connectivity index (χ4n) is 1.79. The van der Waals surface area contributed by atoms with Crippen LogP contribution in [0.25, 0.3) is 11.5 Å². The van der Waals surface area contributed by atoms with Gasteiger partial charge in [0.1, 0.15) is 5.69 Å². The Hall–Kier alpha value is -1.75. The SMILES string of the molecule is CCNC(C)Cc1nc(-c2cccc(C)n2)no1. The molecule has 1 unspecified atom stereocenters. The van der Waals surface area contributed by atoms with Crippen LogP contribution in [0.15, 0.2) is 22.7 Å². The number of aromatic nitrogens is 3. The quantitative estimate of drug-likeness (QED) is 0.874. The third kappa shape index (κ3) is 3.13. The molecule has 2 rings (SSSR count). The highest BCUT2D eigenvalue weighted by Gasteiger charge is 2.12. The topological polar surface area (TPSA) is 63.8 Å². The van der Waals surface area contributed by atoms with Crippen LogP contribution in [-0.2, 0) is 6.42 Å². The van der Waals surface area contributed by atoms with Gasteiger partial charge in [0.05, 0.1) is 0 Å². The summed E-state index contributed by atoms with van der Waals surface area (Å²) in [6.07, 6.45) is 0.729. The first-order valence-corrected chi connectivity index (χ1v) is 6.19. The van der Waals surface area contributed by atoms with Gasteiger partial charge >= 0.3 is 0 Å². The van der Waals surface area contributed by atoms with Crippen molar-refractivity contribution >= 4 is 0 Å². The molecule has 18 heavy (non-hydrogen) atoms. The molecule has 0 saturated heterocycles. The molecule has 0 aliphatic heterocycles. The molecule has 0 aliphatic rings. The maximum Gasteiger partial charge on any atom is 0.228 e. The van der Waals surface area contributed by atoms with Crippen molar-refractivity contribution in [3.05, 3.63) is 29.8 Å². The first kappa shape index (κ1) is 12.7. The number of nitrogens with zero attached hydrogens (tertiary/aromatic N) is 3. The second kappa shape index (κ2) is 5.73. The lowest BCUT2D eigenvalue weighted by atomic mass is 10.2. The molecule has 0 saturated carbocycles. The largest absolute Gasteiger partial charge is 0.339 e. The highest BCUT2D eigenvalue weighted by molar-refractivity contribution is 5.47. The van der Waals surface area contributed by atoms with E-state index in [1.165, 1.54) is 0 Å². The van der Waals surface area contributed by atoms with E-state index in [1.807, 2.05) is 25.1 Å². The van der Waals surface area contributed by atoms with Crippen LogP contribution in [0.1, 0.15) is 25.4 Å². The Bertz CT molecular complexity index is 509. The van der Waals surface area contributed by atoms with Gasteiger partial charge in [0.2, 0.25) is 11.7 Å². The minimum Gasteiger partial charge on any atom is -0.339 e. The van der Waals surface area contributed by atoms with Crippen LogP contribution in [0.4, 0.5) is 0 Å². The molecule has 5 nitrogen and oxygen atoms in total. The van der Waals surface area contributed by atoms with Crippen molar-refractivity contribution in [3.63, 3.8) is 0 Å². The predicted molar refractivity (Wildman–Crippen MR) is 69.1 cm³/mol. The average Bonchev–Trinajstić information content (AvgIpc) is 2.78. The Morgan fingerprint density at radius 2 is 2.17 bits per heavy atom. The molecule has 1 atom stereocenters. The Kier molecular flexibility index (Phi) is 4.04. The van der Waals surface area contributed by atoms with Crippen molar-refractivity contribution in [1.29, 1.82) is 0 Å². The zero-order valence-electron chi connectivity index (χ0n) is 11.0. The highest BCUT2D eigenvalue weighted by atomic mass is 16.5. The van der Waals surface area contributed by atoms with E-state index in [2.05, 4.69) is 34.3 Å². The summed E-state index contributed by atoms with van der Waals surface area (Å²) in [5.74, 6) is 1.19. The molecule has 0 radical (unpaired) electrons. The summed E-state index contributed by atoms with van der Waals surface area (Å²) < 4.78 is 5.23. The number of hydrogen-bond acceptors (Lipinski definition) is 5. The molecule has 5 heteroatoms. The van der Waals surface area contributed by atoms with Gasteiger partial charge in [0, 0.05) is 18.2 Å². The normalized spacial score (nSPS) is 12.6. The maximum atomic E-state index is 5.23. The van der Waals surface area contributed by atoms with Gasteiger partial charge in [-0.2, -0.15) is 4.98 Å². The van der Waals surface area contributed by atoms with E-state index in [0.29, 0.717) is 17.8 Å². The second-order valence-electron chi connectivity index (χ2n) is 4.34. The van der Waals surface area contributed by atoms with E-state index in [4.69, 9.17) is 4.52 Å². The van der Waals surface area contributed by atoms with E-state index in [-0.39, 0.29) is 0 Å². The van der Waals surface area contributed by atoms with Crippen LogP contribution in [0.3, 0.4) is 0 Å². The first-order valence-electron chi connectivity index (χ1n) is 6.19. The highest BCUT2D eigenvalue weighted by Crippen LogP contribution is 2.13. The summed E-state index contributed by atoms with van der Waals surface area (Å²) in [5, 5.41) is 7.27. The summed E-state index contributed by atoms with van der Waals surface area (Å²) in [6, 6.07) is 6.09. The second-order valence-corrected chi connectivity index (χ2v) is 4.34. The third-order valence-electron chi connectivity index (χ3n) is 2.62. The van der Waals surface area contributed by atoms with Gasteiger partial charge < -0.3 is 9.84 Å². The number of rotatable bonds is 5. The molecule has 0 aromatic carbocycles. The lowest BCUT2D eigenvalue weighted by Crippen LogP contribution is -2.27. The van der Waals surface area contributed by atoms with Crippen LogP contribution >= 0.6 is 0 Å². The van der Waals surface area contributed by atoms with E-state index < -0.39 is 0 Å². The van der Waals surface area contributed by atoms with E-state index in [0.717, 1.165) is 24.4 Å². The monoisotopic (exact) mass is 246 g/mol. The van der Waals surface area contributed by atoms with Crippen LogP contribution in [0.2, 0.25) is 0 Å². The van der Waals surface area contributed by atoms with Gasteiger partial charge in [-0.15, -0.1) is 0 Å². The lowest BCUT2D eigenvalue weighted by Gasteiger charge is -2.07. The van der Waals surface area contributed by atoms with Crippen molar-refractivity contribution in [1.82, 2.24) is 20.4 Å². The van der Waals surface area contributed by atoms with Crippen LogP contribution in [0, 0.1) is 6.92 Å². The fraction of sp³-hybridized carbons (Fsp3) is 0.462. The summed E-state index contributed by atoms with van der Waals surface area (Å²) in [7, 11) is 0. The summed E-state index contributed by atoms with van der Waals surface area (Å²) >= 11 is 0. The molecule has 0 aliphatic carbocycles. The van der Waals surface area contributed by atoms with E-state index in [1.54, 1.807) is 0 Å². The van der Waals surface area contributed by atoms with Gasteiger partial charge in [0.25, 0.3) is 0 Å². The number of aryl methyl sites for hydroxylation is 1. The minimum absolute atomic E-state index is 0.328. The van der Waals surface area contributed by atoms with Crippen LogP contribution < -0.4 is 5.32 Å². The van der Waals surface area contributed by atoms with Crippen molar-refractivity contribution in [3.8, 4) is 11.5 Å². The zero-order chi connectivity index (χ0) is 13.0. The summed E-state index contributed by atoms with van der Waals surface area (Å²) in [6.45, 7) is 7.05. The molecule has 1 N–H and O–H groups in total. The Balaban J connectivity index is 2.10. The van der Waals surface area contributed by atoms with Gasteiger partial charge in [-0.1, -0.05) is 18.1 Å². The Labute approximate surface area is 107 Å². The van der Waals surface area contributed by atoms with Crippen LogP contribution in [-0.4, -0.2) is 27.7 Å². The minimum atomic E-state index is 0.328. The molecule has 0 fully saturated rings. The van der Waals surface area contributed by atoms with Gasteiger partial charge in [-0.05, 0) is 32.5 Å². The fourth-order valence-corrected chi connectivity index (χ4v) is 1.79. The van der Waals surface area contributed by atoms with Crippen molar-refractivity contribution < 1.29 is 4.52 Å². The lowest BCUT2D eigenvalue weighted by molar-refractivity contribution is 0.363. The van der Waals surface area contributed by atoms with Crippen molar-refractivity contribution in [2.75, 3.05) is 6.54 Å². The first-order chi connectivity index (χ1) is 8.69. The summed E-state index contributed by atoms with van der Waals surface area (Å²) in [4.78, 5) is 8.74. The molecular weight excluding hydrogens is 228 g/mol. The molecule has 2 heterocycles. The van der Waals surface area contributed by atoms with Crippen molar-refractivity contribution in [2.45, 2.75) is 33.2 Å². The van der Waals surface area contributed by atoms with Crippen LogP contribution in [0.5, 0.6) is 0 Å². The molecular formula is C13H18N4O. The van der Waals surface area contributed by atoms with Gasteiger partial charge in [-0.25, -0.2) is 4.98 Å². The third-order valence-corrected chi connectivity index (χ3v) is 2.62. The number of likely N-dealkylation sites (N-methyl/N-ethyl adjacent to an activating group) is 1. The average molecular weight is 246 g/mol. The number of nitrogens with one attached hydrogen (secondary N) is 1. The molecule has 2 aromatic rings. The van der Waals surface area contributed by atoms with E-state index in [9.17, 15) is 0 Å². The number of pyridine rings is 1. The van der Waals surface area contributed by atoms with Crippen molar-refractivity contribution in [2.24, 2.45) is 0 Å². The number of hydrogen-bond donors (Lipinski definition) is 1. The molecule has 0 bridgehead atoms. The van der Waals surface area contributed by atoms with Gasteiger partial charge in [-0.3, -0.25) is 0 Å². The maximum absolute atomic E-state index is 5.23. The molecule has 0 spiro atoms. The zero-order valence-corrected chi connectivity index (χ0v) is 11.0. The van der Waals surface area contributed by atoms with E-state index >= 15 is 0 Å². The molecule has 2 aromatic heterocycles. The molecule has 0 amide bonds. The predicted octanol–water partition coefficient (Wildman–Crippen LogP) is 1.98. The summed E-state index contributed by atoms with van der Waals surface area (Å²) in [5.41, 5.74) is 1.70. The molecule has 96 valence electrons.